The number of nitrogens with one attached hydrogen (secondary N) is 2. The van der Waals surface area contributed by atoms with E-state index in [-0.39, 0.29) is 11.3 Å². The average Bonchev–Trinajstić information content (AvgIpc) is 3.09. The van der Waals surface area contributed by atoms with E-state index in [1.165, 1.54) is 19.5 Å². The molecule has 6 heteroatoms. The Bertz CT molecular complexity index is 489. The van der Waals surface area contributed by atoms with E-state index in [1.54, 1.807) is 11.9 Å². The summed E-state index contributed by atoms with van der Waals surface area (Å²) < 4.78 is 0. The van der Waals surface area contributed by atoms with Gasteiger partial charge in [0.2, 0.25) is 5.91 Å². The fraction of sp³-hybridized carbons (Fsp3) is 0.905. The Hall–Kier alpha value is -1.30. The molecule has 2 atom stereocenters. The van der Waals surface area contributed by atoms with Crippen molar-refractivity contribution in [2.75, 3.05) is 53.9 Å². The van der Waals surface area contributed by atoms with Crippen LogP contribution in [0.1, 0.15) is 52.4 Å². The second kappa shape index (κ2) is 10.3. The molecule has 0 aromatic carbocycles. The molecule has 0 aromatic rings. The van der Waals surface area contributed by atoms with Crippen LogP contribution < -0.4 is 10.6 Å². The van der Waals surface area contributed by atoms with Crippen LogP contribution in [0.3, 0.4) is 0 Å². The topological polar surface area (TPSA) is 60.0 Å². The van der Waals surface area contributed by atoms with Gasteiger partial charge < -0.3 is 20.4 Å². The number of hydrogen-bond acceptors (Lipinski definition) is 3. The highest BCUT2D eigenvalue weighted by molar-refractivity contribution is 5.85. The molecule has 2 N–H and O–H groups in total. The van der Waals surface area contributed by atoms with Gasteiger partial charge >= 0.3 is 0 Å². The smallest absolute Gasteiger partial charge is 0.230 e. The summed E-state index contributed by atoms with van der Waals surface area (Å²) in [5.74, 6) is 2.69. The Morgan fingerprint density at radius 1 is 1.15 bits per heavy atom. The molecule has 1 saturated heterocycles. The van der Waals surface area contributed by atoms with E-state index in [0.29, 0.717) is 6.54 Å². The molecule has 1 amide bonds. The van der Waals surface area contributed by atoms with Crippen LogP contribution in [0.4, 0.5) is 0 Å². The van der Waals surface area contributed by atoms with Crippen molar-refractivity contribution in [3.8, 4) is 0 Å². The number of guanidine groups is 1. The van der Waals surface area contributed by atoms with E-state index in [1.807, 2.05) is 14.1 Å². The van der Waals surface area contributed by atoms with Crippen molar-refractivity contribution in [3.63, 3.8) is 0 Å². The van der Waals surface area contributed by atoms with Gasteiger partial charge in [0.1, 0.15) is 0 Å². The third-order valence-corrected chi connectivity index (χ3v) is 6.13. The van der Waals surface area contributed by atoms with Crippen molar-refractivity contribution in [1.82, 2.24) is 20.4 Å². The van der Waals surface area contributed by atoms with Gasteiger partial charge in [0.25, 0.3) is 0 Å². The van der Waals surface area contributed by atoms with Crippen LogP contribution in [0.2, 0.25) is 0 Å². The number of amides is 1. The second-order valence-corrected chi connectivity index (χ2v) is 9.10. The summed E-state index contributed by atoms with van der Waals surface area (Å²) >= 11 is 0. The fourth-order valence-corrected chi connectivity index (χ4v) is 4.95. The number of nitrogens with zero attached hydrogens (tertiary/aromatic N) is 3. The first-order chi connectivity index (χ1) is 12.9. The summed E-state index contributed by atoms with van der Waals surface area (Å²) in [4.78, 5) is 21.4. The zero-order valence-electron chi connectivity index (χ0n) is 18.2. The summed E-state index contributed by atoms with van der Waals surface area (Å²) in [5.41, 5.74) is -0.263. The van der Waals surface area contributed by atoms with E-state index in [0.717, 1.165) is 63.0 Å². The van der Waals surface area contributed by atoms with Crippen molar-refractivity contribution in [2.24, 2.45) is 22.2 Å². The predicted molar refractivity (Wildman–Crippen MR) is 113 cm³/mol. The summed E-state index contributed by atoms with van der Waals surface area (Å²) in [5, 5.41) is 6.85. The quantitative estimate of drug-likeness (QED) is 0.404. The molecule has 156 valence electrons. The molecule has 1 saturated carbocycles. The van der Waals surface area contributed by atoms with E-state index >= 15 is 0 Å². The number of rotatable bonds is 7. The van der Waals surface area contributed by atoms with Gasteiger partial charge in [0.05, 0.1) is 5.41 Å². The lowest BCUT2D eigenvalue weighted by atomic mass is 9.84. The van der Waals surface area contributed by atoms with Crippen LogP contribution in [-0.2, 0) is 4.79 Å². The number of piperidine rings is 1. The average molecular weight is 380 g/mol. The molecule has 1 heterocycles. The molecule has 2 aliphatic rings. The third-order valence-electron chi connectivity index (χ3n) is 6.13. The first-order valence-electron chi connectivity index (χ1n) is 10.7. The molecular weight excluding hydrogens is 338 g/mol. The first kappa shape index (κ1) is 22.0. The maximum atomic E-state index is 12.7. The number of carbonyl (C=O) groups is 1. The molecule has 0 aromatic heterocycles. The van der Waals surface area contributed by atoms with Gasteiger partial charge in [0, 0.05) is 47.3 Å². The van der Waals surface area contributed by atoms with Crippen LogP contribution in [0.15, 0.2) is 4.99 Å². The van der Waals surface area contributed by atoms with Gasteiger partial charge in [-0.05, 0) is 44.1 Å². The van der Waals surface area contributed by atoms with E-state index < -0.39 is 0 Å². The monoisotopic (exact) mass is 379 g/mol. The van der Waals surface area contributed by atoms with Gasteiger partial charge in [-0.25, -0.2) is 0 Å². The van der Waals surface area contributed by atoms with Gasteiger partial charge in [-0.2, -0.15) is 0 Å². The van der Waals surface area contributed by atoms with Crippen molar-refractivity contribution in [1.29, 1.82) is 0 Å². The third kappa shape index (κ3) is 6.37. The highest BCUT2D eigenvalue weighted by atomic mass is 16.2. The first-order valence-corrected chi connectivity index (χ1v) is 10.7. The SMILES string of the molecule is CN=C(NCCCN1CC(C)CC(C)C1)NCC1(C(=O)N(C)C)CCCC1. The molecule has 6 nitrogen and oxygen atoms in total. The van der Waals surface area contributed by atoms with Crippen molar-refractivity contribution >= 4 is 11.9 Å². The fourth-order valence-electron chi connectivity index (χ4n) is 4.95. The van der Waals surface area contributed by atoms with Crippen LogP contribution in [0.25, 0.3) is 0 Å². The lowest BCUT2D eigenvalue weighted by molar-refractivity contribution is -0.138. The second-order valence-electron chi connectivity index (χ2n) is 9.10. The summed E-state index contributed by atoms with van der Waals surface area (Å²) in [7, 11) is 5.52. The molecule has 2 rings (SSSR count). The maximum Gasteiger partial charge on any atom is 0.230 e. The zero-order chi connectivity index (χ0) is 19.9. The van der Waals surface area contributed by atoms with Crippen LogP contribution >= 0.6 is 0 Å². The van der Waals surface area contributed by atoms with Crippen LogP contribution in [-0.4, -0.2) is 75.5 Å². The lowest BCUT2D eigenvalue weighted by Crippen LogP contribution is -2.49. The Morgan fingerprint density at radius 2 is 1.78 bits per heavy atom. The number of aliphatic imine (C=N–C) groups is 1. The predicted octanol–water partition coefficient (Wildman–Crippen LogP) is 2.17. The molecule has 1 aliphatic carbocycles. The van der Waals surface area contributed by atoms with Gasteiger partial charge in [-0.15, -0.1) is 0 Å². The number of likely N-dealkylation sites (tertiary alicyclic amines) is 1. The normalized spacial score (nSPS) is 26.0. The Labute approximate surface area is 166 Å². The van der Waals surface area contributed by atoms with E-state index in [2.05, 4.69) is 34.4 Å². The van der Waals surface area contributed by atoms with E-state index in [9.17, 15) is 4.79 Å². The standard InChI is InChI=1S/C21H41N5O/c1-17-13-18(2)15-26(14-17)12-8-11-23-20(22-3)24-16-21(9-6-7-10-21)19(27)25(4)5/h17-18H,6-16H2,1-5H3,(H2,22,23,24). The molecule has 0 radical (unpaired) electrons. The minimum absolute atomic E-state index is 0.247. The molecular formula is C21H41N5O. The van der Waals surface area contributed by atoms with E-state index in [4.69, 9.17) is 0 Å². The molecule has 2 fully saturated rings. The highest BCUT2D eigenvalue weighted by Crippen LogP contribution is 2.38. The van der Waals surface area contributed by atoms with Crippen molar-refractivity contribution in [2.45, 2.75) is 52.4 Å². The molecule has 27 heavy (non-hydrogen) atoms. The Morgan fingerprint density at radius 3 is 2.33 bits per heavy atom. The Kier molecular flexibility index (Phi) is 8.39. The molecule has 0 bridgehead atoms. The largest absolute Gasteiger partial charge is 0.356 e. The number of carbonyl (C=O) groups excluding carboxylic acids is 1. The summed E-state index contributed by atoms with van der Waals surface area (Å²) in [6, 6.07) is 0. The number of hydrogen-bond donors (Lipinski definition) is 2. The van der Waals surface area contributed by atoms with Crippen LogP contribution in [0, 0.1) is 17.3 Å². The van der Waals surface area contributed by atoms with Crippen molar-refractivity contribution in [3.05, 3.63) is 0 Å². The van der Waals surface area contributed by atoms with Gasteiger partial charge in [-0.3, -0.25) is 9.79 Å². The summed E-state index contributed by atoms with van der Waals surface area (Å²) in [6.45, 7) is 9.90. The van der Waals surface area contributed by atoms with Crippen molar-refractivity contribution < 1.29 is 4.79 Å². The Balaban J connectivity index is 1.73. The van der Waals surface area contributed by atoms with Gasteiger partial charge in [-0.1, -0.05) is 26.7 Å². The zero-order valence-corrected chi connectivity index (χ0v) is 18.2. The molecule has 1 aliphatic heterocycles. The van der Waals surface area contributed by atoms with Crippen LogP contribution in [0.5, 0.6) is 0 Å². The lowest BCUT2D eigenvalue weighted by Gasteiger charge is -2.35. The molecule has 2 unspecified atom stereocenters. The minimum Gasteiger partial charge on any atom is -0.356 e. The maximum absolute atomic E-state index is 12.7. The highest BCUT2D eigenvalue weighted by Gasteiger charge is 2.42. The minimum atomic E-state index is -0.263. The van der Waals surface area contributed by atoms with Gasteiger partial charge in [0.15, 0.2) is 5.96 Å². The summed E-state index contributed by atoms with van der Waals surface area (Å²) in [6.07, 6.45) is 6.69. The molecule has 0 spiro atoms.